The zero-order valence-electron chi connectivity index (χ0n) is 14.1. The molecule has 4 aromatic rings. The molecule has 0 spiro atoms. The van der Waals surface area contributed by atoms with Gasteiger partial charge in [0.05, 0.1) is 12.2 Å². The number of halogens is 1. The van der Waals surface area contributed by atoms with Crippen molar-refractivity contribution in [3.05, 3.63) is 99.7 Å². The van der Waals surface area contributed by atoms with Crippen LogP contribution in [0.3, 0.4) is 0 Å². The zero-order chi connectivity index (χ0) is 18.6. The van der Waals surface area contributed by atoms with Crippen LogP contribution in [-0.4, -0.2) is 10.9 Å². The number of benzene rings is 2. The van der Waals surface area contributed by atoms with E-state index in [-0.39, 0.29) is 11.9 Å². The third-order valence-corrected chi connectivity index (χ3v) is 5.36. The van der Waals surface area contributed by atoms with Crippen molar-refractivity contribution in [2.24, 2.45) is 0 Å². The molecule has 0 fully saturated rings. The fourth-order valence-corrected chi connectivity index (χ4v) is 3.72. The van der Waals surface area contributed by atoms with Gasteiger partial charge in [-0.15, -0.1) is 11.3 Å². The molecule has 1 N–H and O–H groups in total. The third kappa shape index (κ3) is 3.94. The molecule has 0 aliphatic heterocycles. The van der Waals surface area contributed by atoms with E-state index in [1.165, 1.54) is 6.39 Å². The molecule has 0 saturated heterocycles. The zero-order valence-corrected chi connectivity index (χ0v) is 15.7. The Labute approximate surface area is 165 Å². The molecule has 2 aromatic carbocycles. The summed E-state index contributed by atoms with van der Waals surface area (Å²) in [6.07, 6.45) is 3.02. The second-order valence-electron chi connectivity index (χ2n) is 5.92. The Hall–Kier alpha value is -2.89. The van der Waals surface area contributed by atoms with Crippen molar-refractivity contribution in [2.45, 2.75) is 6.04 Å². The minimum Gasteiger partial charge on any atom is -0.444 e. The molecule has 6 heteroatoms. The summed E-state index contributed by atoms with van der Waals surface area (Å²) in [5, 5.41) is 5.78. The summed E-state index contributed by atoms with van der Waals surface area (Å²) in [6.45, 7) is 0. The Morgan fingerprint density at radius 1 is 1.07 bits per heavy atom. The molecule has 2 aromatic heterocycles. The molecule has 27 heavy (non-hydrogen) atoms. The number of rotatable bonds is 5. The molecular weight excluding hydrogens is 380 g/mol. The van der Waals surface area contributed by atoms with E-state index in [0.29, 0.717) is 16.3 Å². The first kappa shape index (κ1) is 17.5. The van der Waals surface area contributed by atoms with Crippen LogP contribution in [0.5, 0.6) is 0 Å². The number of oxazole rings is 1. The summed E-state index contributed by atoms with van der Waals surface area (Å²) in [7, 11) is 0. The van der Waals surface area contributed by atoms with Crippen LogP contribution in [-0.2, 0) is 0 Å². The second-order valence-corrected chi connectivity index (χ2v) is 7.33. The predicted octanol–water partition coefficient (Wildman–Crippen LogP) is 5.58. The fourth-order valence-electron chi connectivity index (χ4n) is 2.79. The summed E-state index contributed by atoms with van der Waals surface area (Å²) < 4.78 is 5.28. The molecular formula is C21H15ClN2O2S. The summed E-state index contributed by atoms with van der Waals surface area (Å²) in [6, 6.07) is 18.5. The number of carbonyl (C=O) groups is 1. The Balaban J connectivity index is 1.57. The highest BCUT2D eigenvalue weighted by atomic mass is 35.5. The summed E-state index contributed by atoms with van der Waals surface area (Å²) in [4.78, 5) is 17.8. The lowest BCUT2D eigenvalue weighted by molar-refractivity contribution is 0.0943. The Morgan fingerprint density at radius 3 is 2.48 bits per heavy atom. The van der Waals surface area contributed by atoms with Crippen molar-refractivity contribution in [3.8, 4) is 11.3 Å². The molecule has 4 rings (SSSR count). The molecule has 1 atom stereocenters. The minimum atomic E-state index is -0.233. The molecule has 0 bridgehead atoms. The number of nitrogens with one attached hydrogen (secondary N) is 1. The normalized spacial score (nSPS) is 11.9. The molecule has 134 valence electrons. The van der Waals surface area contributed by atoms with Gasteiger partial charge in [0, 0.05) is 21.0 Å². The highest BCUT2D eigenvalue weighted by Gasteiger charge is 2.19. The van der Waals surface area contributed by atoms with Gasteiger partial charge in [0.2, 0.25) is 0 Å². The van der Waals surface area contributed by atoms with E-state index in [2.05, 4.69) is 10.3 Å². The Bertz CT molecular complexity index is 1010. The average Bonchev–Trinajstić information content (AvgIpc) is 3.41. The summed E-state index contributed by atoms with van der Waals surface area (Å²) in [5.74, 6) is 0.520. The van der Waals surface area contributed by atoms with Crippen LogP contribution in [0.4, 0.5) is 0 Å². The SMILES string of the molecule is O=C(NC(c1ccc(Cl)cc1)c1cccs1)c1ccc(-c2cnco2)cc1. The monoisotopic (exact) mass is 394 g/mol. The van der Waals surface area contributed by atoms with Gasteiger partial charge < -0.3 is 9.73 Å². The number of carbonyl (C=O) groups excluding carboxylic acids is 1. The first-order chi connectivity index (χ1) is 13.2. The minimum absolute atomic E-state index is 0.146. The van der Waals surface area contributed by atoms with Crippen molar-refractivity contribution in [1.29, 1.82) is 0 Å². The Kier molecular flexibility index (Phi) is 5.05. The number of thiophene rings is 1. The summed E-state index contributed by atoms with van der Waals surface area (Å²) in [5.41, 5.74) is 2.43. The first-order valence-corrected chi connectivity index (χ1v) is 9.55. The predicted molar refractivity (Wildman–Crippen MR) is 107 cm³/mol. The maximum Gasteiger partial charge on any atom is 0.252 e. The van der Waals surface area contributed by atoms with Gasteiger partial charge in [0.15, 0.2) is 12.2 Å². The van der Waals surface area contributed by atoms with Crippen LogP contribution in [0.15, 0.2) is 83.1 Å². The van der Waals surface area contributed by atoms with Gasteiger partial charge >= 0.3 is 0 Å². The average molecular weight is 395 g/mol. The first-order valence-electron chi connectivity index (χ1n) is 8.29. The van der Waals surface area contributed by atoms with Gasteiger partial charge in [-0.1, -0.05) is 41.9 Å². The molecule has 1 unspecified atom stereocenters. The fraction of sp³-hybridized carbons (Fsp3) is 0.0476. The van der Waals surface area contributed by atoms with Crippen LogP contribution in [0.25, 0.3) is 11.3 Å². The van der Waals surface area contributed by atoms with E-state index in [9.17, 15) is 4.79 Å². The maximum atomic E-state index is 12.8. The van der Waals surface area contributed by atoms with Crippen LogP contribution >= 0.6 is 22.9 Å². The van der Waals surface area contributed by atoms with Crippen molar-refractivity contribution < 1.29 is 9.21 Å². The van der Waals surface area contributed by atoms with Gasteiger partial charge in [-0.25, -0.2) is 4.98 Å². The molecule has 0 aliphatic carbocycles. The highest BCUT2D eigenvalue weighted by molar-refractivity contribution is 7.10. The molecule has 1 amide bonds. The lowest BCUT2D eigenvalue weighted by atomic mass is 10.0. The number of hydrogen-bond donors (Lipinski definition) is 1. The number of nitrogens with zero attached hydrogens (tertiary/aromatic N) is 1. The van der Waals surface area contributed by atoms with E-state index in [1.807, 2.05) is 53.9 Å². The highest BCUT2D eigenvalue weighted by Crippen LogP contribution is 2.28. The van der Waals surface area contributed by atoms with Crippen molar-refractivity contribution in [2.75, 3.05) is 0 Å². The number of aromatic nitrogens is 1. The van der Waals surface area contributed by atoms with E-state index in [1.54, 1.807) is 29.7 Å². The molecule has 0 radical (unpaired) electrons. The quantitative estimate of drug-likeness (QED) is 0.481. The smallest absolute Gasteiger partial charge is 0.252 e. The second kappa shape index (κ2) is 7.78. The van der Waals surface area contributed by atoms with Gasteiger partial charge in [-0.2, -0.15) is 0 Å². The van der Waals surface area contributed by atoms with Gasteiger partial charge in [0.1, 0.15) is 0 Å². The van der Waals surface area contributed by atoms with Gasteiger partial charge in [-0.05, 0) is 41.3 Å². The molecule has 0 aliphatic rings. The van der Waals surface area contributed by atoms with Crippen LogP contribution in [0, 0.1) is 0 Å². The van der Waals surface area contributed by atoms with Crippen LogP contribution < -0.4 is 5.32 Å². The van der Waals surface area contributed by atoms with E-state index < -0.39 is 0 Å². The number of amides is 1. The maximum absolute atomic E-state index is 12.8. The van der Waals surface area contributed by atoms with E-state index in [4.69, 9.17) is 16.0 Å². The van der Waals surface area contributed by atoms with Crippen molar-refractivity contribution >= 4 is 28.8 Å². The Morgan fingerprint density at radius 2 is 1.85 bits per heavy atom. The standard InChI is InChI=1S/C21H15ClN2O2S/c22-17-9-7-15(8-10-17)20(19-2-1-11-27-19)24-21(25)16-5-3-14(4-6-16)18-12-23-13-26-18/h1-13,20H,(H,24,25). The topological polar surface area (TPSA) is 55.1 Å². The largest absolute Gasteiger partial charge is 0.444 e. The van der Waals surface area contributed by atoms with E-state index in [0.717, 1.165) is 16.0 Å². The lowest BCUT2D eigenvalue weighted by Gasteiger charge is -2.18. The van der Waals surface area contributed by atoms with Crippen molar-refractivity contribution in [1.82, 2.24) is 10.3 Å². The van der Waals surface area contributed by atoms with Crippen molar-refractivity contribution in [3.63, 3.8) is 0 Å². The number of hydrogen-bond acceptors (Lipinski definition) is 4. The molecule has 0 saturated carbocycles. The van der Waals surface area contributed by atoms with Gasteiger partial charge in [-0.3, -0.25) is 4.79 Å². The lowest BCUT2D eigenvalue weighted by Crippen LogP contribution is -2.28. The van der Waals surface area contributed by atoms with Crippen LogP contribution in [0.1, 0.15) is 26.8 Å². The van der Waals surface area contributed by atoms with Gasteiger partial charge in [0.25, 0.3) is 5.91 Å². The summed E-state index contributed by atoms with van der Waals surface area (Å²) >= 11 is 7.60. The third-order valence-electron chi connectivity index (χ3n) is 4.17. The van der Waals surface area contributed by atoms with E-state index >= 15 is 0 Å². The molecule has 4 nitrogen and oxygen atoms in total. The van der Waals surface area contributed by atoms with Crippen LogP contribution in [0.2, 0.25) is 5.02 Å². The molecule has 2 heterocycles.